The quantitative estimate of drug-likeness (QED) is 0.896. The molecule has 18 heavy (non-hydrogen) atoms. The van der Waals surface area contributed by atoms with Crippen molar-refractivity contribution in [1.29, 1.82) is 0 Å². The number of nitrogens with zero attached hydrogens (tertiary/aromatic N) is 2. The zero-order valence-electron chi connectivity index (χ0n) is 10.6. The molecule has 2 aromatic rings. The number of rotatable bonds is 4. The maximum atomic E-state index is 5.77. The van der Waals surface area contributed by atoms with E-state index in [0.29, 0.717) is 11.6 Å². The highest BCUT2D eigenvalue weighted by molar-refractivity contribution is 5.32. The molecule has 0 aliphatic heterocycles. The molecule has 0 saturated carbocycles. The van der Waals surface area contributed by atoms with Crippen LogP contribution in [0.25, 0.3) is 0 Å². The Morgan fingerprint density at radius 3 is 2.83 bits per heavy atom. The first-order valence-electron chi connectivity index (χ1n) is 5.94. The molecule has 2 rings (SSSR count). The van der Waals surface area contributed by atoms with Gasteiger partial charge >= 0.3 is 0 Å². The summed E-state index contributed by atoms with van der Waals surface area (Å²) in [7, 11) is 0. The highest BCUT2D eigenvalue weighted by atomic mass is 16.5. The van der Waals surface area contributed by atoms with E-state index < -0.39 is 0 Å². The minimum atomic E-state index is 0.135. The minimum Gasteiger partial charge on any atom is -0.437 e. The van der Waals surface area contributed by atoms with Crippen LogP contribution < -0.4 is 10.5 Å². The molecule has 94 valence electrons. The molecule has 0 amide bonds. The highest BCUT2D eigenvalue weighted by Crippen LogP contribution is 2.22. The fourth-order valence-electron chi connectivity index (χ4n) is 1.73. The molecular weight excluding hydrogens is 226 g/mol. The Kier molecular flexibility index (Phi) is 3.89. The third-order valence-corrected chi connectivity index (χ3v) is 2.49. The Morgan fingerprint density at radius 1 is 1.39 bits per heavy atom. The minimum absolute atomic E-state index is 0.135. The predicted molar refractivity (Wildman–Crippen MR) is 70.6 cm³/mol. The Hall–Kier alpha value is -1.94. The molecule has 0 fully saturated rings. The third kappa shape index (κ3) is 3.28. The van der Waals surface area contributed by atoms with Crippen LogP contribution in [-0.2, 0) is 6.42 Å². The first-order chi connectivity index (χ1) is 8.65. The van der Waals surface area contributed by atoms with Gasteiger partial charge in [-0.1, -0.05) is 0 Å². The summed E-state index contributed by atoms with van der Waals surface area (Å²) < 4.78 is 5.66. The summed E-state index contributed by atoms with van der Waals surface area (Å²) in [6, 6.07) is 5.87. The van der Waals surface area contributed by atoms with Crippen molar-refractivity contribution in [3.63, 3.8) is 0 Å². The van der Waals surface area contributed by atoms with Gasteiger partial charge in [-0.3, -0.25) is 4.98 Å². The molecule has 0 spiro atoms. The van der Waals surface area contributed by atoms with Crippen LogP contribution in [0.1, 0.15) is 18.1 Å². The molecule has 2 heterocycles. The lowest BCUT2D eigenvalue weighted by molar-refractivity contribution is 0.456. The first-order valence-corrected chi connectivity index (χ1v) is 5.94. The number of ether oxygens (including phenoxy) is 1. The first kappa shape index (κ1) is 12.5. The molecule has 0 aliphatic rings. The number of hydrogen-bond acceptors (Lipinski definition) is 4. The van der Waals surface area contributed by atoms with Crippen molar-refractivity contribution < 1.29 is 4.74 Å². The molecule has 0 radical (unpaired) electrons. The van der Waals surface area contributed by atoms with E-state index >= 15 is 0 Å². The average molecular weight is 243 g/mol. The van der Waals surface area contributed by atoms with Crippen LogP contribution in [0.2, 0.25) is 0 Å². The molecule has 1 unspecified atom stereocenters. The maximum absolute atomic E-state index is 5.77. The Balaban J connectivity index is 2.15. The second-order valence-electron chi connectivity index (χ2n) is 4.44. The molecular formula is C14H17N3O. The number of hydrogen-bond donors (Lipinski definition) is 1. The SMILES string of the molecule is Cc1cc(CC(C)N)cnc1Oc1cccnc1. The summed E-state index contributed by atoms with van der Waals surface area (Å²) in [6.07, 6.45) is 6.00. The summed E-state index contributed by atoms with van der Waals surface area (Å²) in [5, 5.41) is 0. The molecule has 1 atom stereocenters. The Bertz CT molecular complexity index is 512. The van der Waals surface area contributed by atoms with Gasteiger partial charge in [0, 0.05) is 24.0 Å². The van der Waals surface area contributed by atoms with Gasteiger partial charge in [0.2, 0.25) is 5.88 Å². The molecule has 0 aromatic carbocycles. The predicted octanol–water partition coefficient (Wildman–Crippen LogP) is 2.47. The molecule has 0 bridgehead atoms. The number of pyridine rings is 2. The van der Waals surface area contributed by atoms with Crippen molar-refractivity contribution in [1.82, 2.24) is 9.97 Å². The fourth-order valence-corrected chi connectivity index (χ4v) is 1.73. The zero-order valence-corrected chi connectivity index (χ0v) is 10.6. The van der Waals surface area contributed by atoms with Gasteiger partial charge in [-0.2, -0.15) is 0 Å². The molecule has 0 saturated heterocycles. The summed E-state index contributed by atoms with van der Waals surface area (Å²) in [5.41, 5.74) is 7.89. The van der Waals surface area contributed by atoms with Gasteiger partial charge in [-0.05, 0) is 44.0 Å². The number of aromatic nitrogens is 2. The number of nitrogens with two attached hydrogens (primary N) is 1. The van der Waals surface area contributed by atoms with Crippen molar-refractivity contribution >= 4 is 0 Å². The average Bonchev–Trinajstić information content (AvgIpc) is 2.33. The van der Waals surface area contributed by atoms with E-state index in [4.69, 9.17) is 10.5 Å². The lowest BCUT2D eigenvalue weighted by atomic mass is 10.1. The van der Waals surface area contributed by atoms with Crippen LogP contribution >= 0.6 is 0 Å². The van der Waals surface area contributed by atoms with Crippen molar-refractivity contribution in [2.24, 2.45) is 5.73 Å². The second kappa shape index (κ2) is 5.60. The third-order valence-electron chi connectivity index (χ3n) is 2.49. The lowest BCUT2D eigenvalue weighted by Crippen LogP contribution is -2.17. The van der Waals surface area contributed by atoms with E-state index in [-0.39, 0.29) is 6.04 Å². The largest absolute Gasteiger partial charge is 0.437 e. The van der Waals surface area contributed by atoms with E-state index in [0.717, 1.165) is 17.5 Å². The molecule has 2 aromatic heterocycles. The standard InChI is InChI=1S/C14H17N3O/c1-10-6-12(7-11(2)15)8-17-14(10)18-13-4-3-5-16-9-13/h3-6,8-9,11H,7,15H2,1-2H3. The van der Waals surface area contributed by atoms with Gasteiger partial charge in [-0.25, -0.2) is 4.98 Å². The normalized spacial score (nSPS) is 12.2. The van der Waals surface area contributed by atoms with Crippen LogP contribution in [-0.4, -0.2) is 16.0 Å². The smallest absolute Gasteiger partial charge is 0.222 e. The van der Waals surface area contributed by atoms with E-state index in [9.17, 15) is 0 Å². The van der Waals surface area contributed by atoms with Gasteiger partial charge in [0.1, 0.15) is 5.75 Å². The molecule has 0 aliphatic carbocycles. The van der Waals surface area contributed by atoms with Crippen molar-refractivity contribution in [3.05, 3.63) is 47.9 Å². The summed E-state index contributed by atoms with van der Waals surface area (Å²) in [5.74, 6) is 1.30. The van der Waals surface area contributed by atoms with Crippen LogP contribution in [0.15, 0.2) is 36.8 Å². The highest BCUT2D eigenvalue weighted by Gasteiger charge is 2.06. The van der Waals surface area contributed by atoms with E-state index in [1.165, 1.54) is 0 Å². The summed E-state index contributed by atoms with van der Waals surface area (Å²) in [6.45, 7) is 3.96. The summed E-state index contributed by atoms with van der Waals surface area (Å²) >= 11 is 0. The van der Waals surface area contributed by atoms with Gasteiger partial charge < -0.3 is 10.5 Å². The van der Waals surface area contributed by atoms with Crippen molar-refractivity contribution in [2.75, 3.05) is 0 Å². The fraction of sp³-hybridized carbons (Fsp3) is 0.286. The van der Waals surface area contributed by atoms with Crippen molar-refractivity contribution in [2.45, 2.75) is 26.3 Å². The number of aryl methyl sites for hydroxylation is 1. The van der Waals surface area contributed by atoms with Gasteiger partial charge in [-0.15, -0.1) is 0 Å². The molecule has 2 N–H and O–H groups in total. The Morgan fingerprint density at radius 2 is 2.22 bits per heavy atom. The van der Waals surface area contributed by atoms with Crippen LogP contribution in [0, 0.1) is 6.92 Å². The molecule has 4 heteroatoms. The van der Waals surface area contributed by atoms with Gasteiger partial charge in [0.25, 0.3) is 0 Å². The monoisotopic (exact) mass is 243 g/mol. The zero-order chi connectivity index (χ0) is 13.0. The topological polar surface area (TPSA) is 61.0 Å². The maximum Gasteiger partial charge on any atom is 0.222 e. The van der Waals surface area contributed by atoms with Gasteiger partial charge in [0.15, 0.2) is 0 Å². The second-order valence-corrected chi connectivity index (χ2v) is 4.44. The van der Waals surface area contributed by atoms with Gasteiger partial charge in [0.05, 0.1) is 6.20 Å². The van der Waals surface area contributed by atoms with Crippen LogP contribution in [0.4, 0.5) is 0 Å². The van der Waals surface area contributed by atoms with E-state index in [1.54, 1.807) is 12.4 Å². The van der Waals surface area contributed by atoms with Crippen LogP contribution in [0.3, 0.4) is 0 Å². The Labute approximate surface area is 107 Å². The lowest BCUT2D eigenvalue weighted by Gasteiger charge is -2.10. The van der Waals surface area contributed by atoms with E-state index in [1.807, 2.05) is 32.2 Å². The van der Waals surface area contributed by atoms with Crippen molar-refractivity contribution in [3.8, 4) is 11.6 Å². The van der Waals surface area contributed by atoms with Crippen LogP contribution in [0.5, 0.6) is 11.6 Å². The van der Waals surface area contributed by atoms with E-state index in [2.05, 4.69) is 16.0 Å². The summed E-state index contributed by atoms with van der Waals surface area (Å²) in [4.78, 5) is 8.32. The molecule has 4 nitrogen and oxygen atoms in total.